The molecule has 0 bridgehead atoms. The summed E-state index contributed by atoms with van der Waals surface area (Å²) in [5, 5.41) is 24.2. The number of hydrogen-bond acceptors (Lipinski definition) is 7. The number of benzene rings is 4. The molecule has 0 saturated heterocycles. The van der Waals surface area contributed by atoms with E-state index in [0.29, 0.717) is 0 Å². The van der Waals surface area contributed by atoms with Crippen LogP contribution in [-0.2, 0) is 4.74 Å². The smallest absolute Gasteiger partial charge is 0.277 e. The lowest BCUT2D eigenvalue weighted by molar-refractivity contribution is -0.386. The average molecular weight is 573 g/mol. The Hall–Kier alpha value is -3.08. The van der Waals surface area contributed by atoms with Crippen LogP contribution in [0, 0.1) is 20.2 Å². The first-order chi connectivity index (χ1) is 17.8. The predicted octanol–water partition coefficient (Wildman–Crippen LogP) is 9.11. The van der Waals surface area contributed by atoms with Gasteiger partial charge in [-0.1, -0.05) is 95.3 Å². The minimum absolute atomic E-state index is 0.139. The molecule has 4 aromatic carbocycles. The molecule has 4 aromatic rings. The molecule has 37 heavy (non-hydrogen) atoms. The fraction of sp³-hybridized carbons (Fsp3) is 0.0769. The van der Waals surface area contributed by atoms with Crippen LogP contribution < -0.4 is 0 Å². The summed E-state index contributed by atoms with van der Waals surface area (Å²) in [7, 11) is 0. The van der Waals surface area contributed by atoms with Gasteiger partial charge in [0.2, 0.25) is 0 Å². The molecular weight excluding hydrogens is 555 g/mol. The van der Waals surface area contributed by atoms with Crippen molar-refractivity contribution in [1.82, 2.24) is 0 Å². The Bertz CT molecular complexity index is 1300. The van der Waals surface area contributed by atoms with E-state index < -0.39 is 20.7 Å². The minimum atomic E-state index is -1.01. The molecule has 0 heterocycles. The maximum atomic E-state index is 11.9. The zero-order chi connectivity index (χ0) is 26.4. The van der Waals surface area contributed by atoms with Gasteiger partial charge in [-0.15, -0.1) is 0 Å². The first-order valence-corrected chi connectivity index (χ1v) is 13.3. The van der Waals surface area contributed by atoms with Gasteiger partial charge in [0.25, 0.3) is 11.4 Å². The second-order valence-electron chi connectivity index (χ2n) is 7.52. The average Bonchev–Trinajstić information content (AvgIpc) is 2.88. The SMILES string of the molecule is O=[N+]([O-])c1cccc(Cl)c1C(OC(Sc1ccccc1)c1c(Cl)cccc1[N+](=O)[O-])Sc1ccccc1. The van der Waals surface area contributed by atoms with Crippen molar-refractivity contribution in [2.45, 2.75) is 20.7 Å². The van der Waals surface area contributed by atoms with Crippen molar-refractivity contribution in [3.05, 3.63) is 138 Å². The highest BCUT2D eigenvalue weighted by atomic mass is 35.5. The van der Waals surface area contributed by atoms with E-state index in [9.17, 15) is 20.2 Å². The normalized spacial score (nSPS) is 12.6. The van der Waals surface area contributed by atoms with Gasteiger partial charge < -0.3 is 4.74 Å². The van der Waals surface area contributed by atoms with Gasteiger partial charge in [0.1, 0.15) is 10.9 Å². The van der Waals surface area contributed by atoms with Crippen LogP contribution in [0.4, 0.5) is 11.4 Å². The summed E-state index contributed by atoms with van der Waals surface area (Å²) in [5.74, 6) is 0. The second-order valence-corrected chi connectivity index (χ2v) is 10.6. The van der Waals surface area contributed by atoms with E-state index in [1.165, 1.54) is 47.8 Å². The van der Waals surface area contributed by atoms with Crippen LogP contribution >= 0.6 is 46.7 Å². The molecule has 0 aliphatic heterocycles. The molecule has 0 N–H and O–H groups in total. The van der Waals surface area contributed by atoms with Gasteiger partial charge in [-0.3, -0.25) is 20.2 Å². The van der Waals surface area contributed by atoms with Crippen LogP contribution in [0.5, 0.6) is 0 Å². The van der Waals surface area contributed by atoms with Gasteiger partial charge in [-0.25, -0.2) is 0 Å². The van der Waals surface area contributed by atoms with Crippen molar-refractivity contribution in [3.63, 3.8) is 0 Å². The Balaban J connectivity index is 1.87. The zero-order valence-electron chi connectivity index (χ0n) is 18.9. The van der Waals surface area contributed by atoms with E-state index >= 15 is 0 Å². The lowest BCUT2D eigenvalue weighted by atomic mass is 10.1. The standard InChI is InChI=1S/C26H18Cl2N2O5S2/c27-19-13-7-15-21(29(31)32)23(19)25(36-17-9-3-1-4-10-17)35-26(37-18-11-5-2-6-12-18)24-20(28)14-8-16-22(24)30(33)34/h1-16,25-26H. The van der Waals surface area contributed by atoms with E-state index in [1.807, 2.05) is 60.7 Å². The molecule has 0 aliphatic rings. The number of thioether (sulfide) groups is 2. The molecule has 4 rings (SSSR count). The number of halogens is 2. The lowest BCUT2D eigenvalue weighted by Crippen LogP contribution is -2.11. The van der Waals surface area contributed by atoms with E-state index in [4.69, 9.17) is 27.9 Å². The minimum Gasteiger partial charge on any atom is -0.343 e. The quantitative estimate of drug-likeness (QED) is 0.0808. The van der Waals surface area contributed by atoms with Crippen molar-refractivity contribution < 1.29 is 14.6 Å². The summed E-state index contributed by atoms with van der Waals surface area (Å²) < 4.78 is 6.52. The lowest BCUT2D eigenvalue weighted by Gasteiger charge is -2.26. The van der Waals surface area contributed by atoms with E-state index in [-0.39, 0.29) is 32.5 Å². The first kappa shape index (κ1) is 27.0. The molecule has 2 unspecified atom stereocenters. The summed E-state index contributed by atoms with van der Waals surface area (Å²) in [6.07, 6.45) is 0. The third-order valence-electron chi connectivity index (χ3n) is 5.14. The van der Waals surface area contributed by atoms with Gasteiger partial charge in [0.15, 0.2) is 0 Å². The molecule has 11 heteroatoms. The summed E-state index contributed by atoms with van der Waals surface area (Å²) in [6, 6.07) is 27.1. The number of nitro benzene ring substituents is 2. The highest BCUT2D eigenvalue weighted by molar-refractivity contribution is 8.00. The van der Waals surface area contributed by atoms with Crippen molar-refractivity contribution in [2.24, 2.45) is 0 Å². The van der Waals surface area contributed by atoms with Crippen LogP contribution in [0.1, 0.15) is 22.0 Å². The molecule has 2 atom stereocenters. The maximum absolute atomic E-state index is 11.9. The molecule has 7 nitrogen and oxygen atoms in total. The highest BCUT2D eigenvalue weighted by Gasteiger charge is 2.34. The summed E-state index contributed by atoms with van der Waals surface area (Å²) in [5.41, 5.74) is -2.16. The Morgan fingerprint density at radius 1 is 0.595 bits per heavy atom. The Labute approximate surface area is 231 Å². The van der Waals surface area contributed by atoms with Crippen LogP contribution in [-0.4, -0.2) is 9.85 Å². The Kier molecular flexibility index (Phi) is 9.07. The van der Waals surface area contributed by atoms with Crippen LogP contribution in [0.15, 0.2) is 107 Å². The van der Waals surface area contributed by atoms with Crippen molar-refractivity contribution in [3.8, 4) is 0 Å². The molecular formula is C26H18Cl2N2O5S2. The van der Waals surface area contributed by atoms with Gasteiger partial charge in [0, 0.05) is 21.9 Å². The maximum Gasteiger partial charge on any atom is 0.277 e. The third kappa shape index (κ3) is 6.63. The largest absolute Gasteiger partial charge is 0.343 e. The third-order valence-corrected chi connectivity index (χ3v) is 8.01. The fourth-order valence-corrected chi connectivity index (χ4v) is 6.43. The zero-order valence-corrected chi connectivity index (χ0v) is 22.0. The molecule has 0 fully saturated rings. The molecule has 188 valence electrons. The highest BCUT2D eigenvalue weighted by Crippen LogP contribution is 2.51. The second kappa shape index (κ2) is 12.4. The summed E-state index contributed by atoms with van der Waals surface area (Å²) in [6.45, 7) is 0. The Morgan fingerprint density at radius 2 is 0.973 bits per heavy atom. The van der Waals surface area contributed by atoms with Crippen molar-refractivity contribution in [2.75, 3.05) is 0 Å². The van der Waals surface area contributed by atoms with Crippen LogP contribution in [0.2, 0.25) is 10.0 Å². The van der Waals surface area contributed by atoms with E-state index in [2.05, 4.69) is 0 Å². The van der Waals surface area contributed by atoms with E-state index in [1.54, 1.807) is 12.1 Å². The van der Waals surface area contributed by atoms with Gasteiger partial charge in [-0.2, -0.15) is 0 Å². The topological polar surface area (TPSA) is 95.5 Å². The van der Waals surface area contributed by atoms with Crippen LogP contribution in [0.3, 0.4) is 0 Å². The molecule has 0 aromatic heterocycles. The number of rotatable bonds is 10. The molecule has 0 saturated carbocycles. The van der Waals surface area contributed by atoms with Crippen LogP contribution in [0.25, 0.3) is 0 Å². The van der Waals surface area contributed by atoms with Gasteiger partial charge >= 0.3 is 0 Å². The number of nitrogens with zero attached hydrogens (tertiary/aromatic N) is 2. The van der Waals surface area contributed by atoms with E-state index in [0.717, 1.165) is 9.79 Å². The predicted molar refractivity (Wildman–Crippen MR) is 147 cm³/mol. The first-order valence-electron chi connectivity index (χ1n) is 10.8. The number of hydrogen-bond donors (Lipinski definition) is 0. The molecule has 0 spiro atoms. The molecule has 0 radical (unpaired) electrons. The number of ether oxygens (including phenoxy) is 1. The Morgan fingerprint density at radius 3 is 1.32 bits per heavy atom. The number of nitro groups is 2. The molecule has 0 amide bonds. The monoisotopic (exact) mass is 572 g/mol. The summed E-state index contributed by atoms with van der Waals surface area (Å²) in [4.78, 5) is 24.4. The van der Waals surface area contributed by atoms with Gasteiger partial charge in [0.05, 0.1) is 31.0 Å². The molecule has 0 aliphatic carbocycles. The van der Waals surface area contributed by atoms with Crippen molar-refractivity contribution >= 4 is 58.1 Å². The summed E-state index contributed by atoms with van der Waals surface area (Å²) >= 11 is 15.4. The fourth-order valence-electron chi connectivity index (χ4n) is 3.50. The van der Waals surface area contributed by atoms with Crippen molar-refractivity contribution in [1.29, 1.82) is 0 Å². The van der Waals surface area contributed by atoms with Gasteiger partial charge in [-0.05, 0) is 36.4 Å².